The second-order valence-electron chi connectivity index (χ2n) is 15.5. The first-order valence-electron chi connectivity index (χ1n) is 18.7. The van der Waals surface area contributed by atoms with E-state index >= 15 is 0 Å². The van der Waals surface area contributed by atoms with Crippen molar-refractivity contribution >= 4 is 40.1 Å². The van der Waals surface area contributed by atoms with Gasteiger partial charge in [-0.05, 0) is 113 Å². The molecule has 1 saturated carbocycles. The van der Waals surface area contributed by atoms with Gasteiger partial charge in [0.2, 0.25) is 0 Å². The molecule has 2 aliphatic heterocycles. The number of carbonyl (C=O) groups is 2. The van der Waals surface area contributed by atoms with Crippen molar-refractivity contribution in [3.05, 3.63) is 82.9 Å². The fraction of sp³-hybridized carbons (Fsp3) is 0.475. The third-order valence-corrected chi connectivity index (χ3v) is 10.3. The average molecular weight is 730 g/mol. The highest BCUT2D eigenvalue weighted by Gasteiger charge is 2.33. The number of amides is 2. The van der Waals surface area contributed by atoms with Gasteiger partial charge in [-0.1, -0.05) is 6.07 Å². The van der Waals surface area contributed by atoms with Crippen LogP contribution in [0.1, 0.15) is 74.4 Å². The van der Waals surface area contributed by atoms with Gasteiger partial charge >= 0.3 is 6.09 Å². The standard InChI is InChI=1S/C40H49F2N7O4/c1-40(2,3)53-39(51)44-30-5-6-31(23-30)48-12-14-49(15-13-48)32-7-8-33(36(24-32)43-29-10-16-52-17-11-29)38(50)45-37-34-21-25(4-9-35(34)46-47-37)18-26-19-27(41)22-28(42)20-26/h4,7-9,19-22,24,29-31,43H,5-6,10-18,23H2,1-3H3,(H,44,51)(H2,45,46,47,50). The molecule has 0 spiro atoms. The number of nitrogens with zero attached hydrogens (tertiary/aromatic N) is 3. The molecule has 2 unspecified atom stereocenters. The van der Waals surface area contributed by atoms with Gasteiger partial charge in [0.25, 0.3) is 5.91 Å². The van der Waals surface area contributed by atoms with E-state index in [4.69, 9.17) is 9.47 Å². The van der Waals surface area contributed by atoms with Gasteiger partial charge in [0.15, 0.2) is 5.82 Å². The van der Waals surface area contributed by atoms with E-state index in [1.165, 1.54) is 12.1 Å². The van der Waals surface area contributed by atoms with Crippen molar-refractivity contribution in [2.24, 2.45) is 0 Å². The minimum atomic E-state index is -0.621. The number of rotatable bonds is 9. The number of carbonyl (C=O) groups excluding carboxylic acids is 2. The molecule has 53 heavy (non-hydrogen) atoms. The lowest BCUT2D eigenvalue weighted by molar-refractivity contribution is 0.0502. The third-order valence-electron chi connectivity index (χ3n) is 10.3. The number of H-pyrrole nitrogens is 1. The maximum absolute atomic E-state index is 13.9. The SMILES string of the molecule is CC(C)(C)OC(=O)NC1CCC(N2CCN(c3ccc(C(=O)Nc4n[nH]c5ccc(Cc6cc(F)cc(F)c6)cc45)c(NC4CCOCC4)c3)CC2)C1. The van der Waals surface area contributed by atoms with E-state index in [-0.39, 0.29) is 24.1 Å². The maximum Gasteiger partial charge on any atom is 0.407 e. The van der Waals surface area contributed by atoms with Crippen molar-refractivity contribution in [2.75, 3.05) is 54.9 Å². The van der Waals surface area contributed by atoms with Crippen molar-refractivity contribution in [2.45, 2.75) is 83.0 Å². The molecule has 13 heteroatoms. The number of benzene rings is 3. The number of alkyl carbamates (subject to hydrolysis) is 1. The van der Waals surface area contributed by atoms with Crippen LogP contribution in [0.2, 0.25) is 0 Å². The topological polar surface area (TPSA) is 124 Å². The van der Waals surface area contributed by atoms with Crippen LogP contribution in [0.25, 0.3) is 10.9 Å². The van der Waals surface area contributed by atoms with Crippen LogP contribution in [0, 0.1) is 11.6 Å². The lowest BCUT2D eigenvalue weighted by Crippen LogP contribution is -2.50. The number of aromatic nitrogens is 2. The molecule has 2 atom stereocenters. The first-order chi connectivity index (χ1) is 25.5. The van der Waals surface area contributed by atoms with Crippen LogP contribution >= 0.6 is 0 Å². The summed E-state index contributed by atoms with van der Waals surface area (Å²) < 4.78 is 38.7. The largest absolute Gasteiger partial charge is 0.444 e. The summed E-state index contributed by atoms with van der Waals surface area (Å²) in [6.45, 7) is 10.5. The van der Waals surface area contributed by atoms with E-state index in [9.17, 15) is 18.4 Å². The Hall–Kier alpha value is -4.75. The molecular weight excluding hydrogens is 680 g/mol. The number of piperazine rings is 1. The van der Waals surface area contributed by atoms with Gasteiger partial charge in [-0.15, -0.1) is 0 Å². The second kappa shape index (κ2) is 15.7. The fourth-order valence-corrected chi connectivity index (χ4v) is 7.74. The van der Waals surface area contributed by atoms with Gasteiger partial charge in [-0.25, -0.2) is 13.6 Å². The molecule has 1 aromatic heterocycles. The van der Waals surface area contributed by atoms with Crippen LogP contribution in [-0.2, 0) is 15.9 Å². The van der Waals surface area contributed by atoms with Gasteiger partial charge in [0.05, 0.1) is 11.1 Å². The average Bonchev–Trinajstić information content (AvgIpc) is 3.74. The Kier molecular flexibility index (Phi) is 10.8. The molecule has 4 N–H and O–H groups in total. The molecule has 11 nitrogen and oxygen atoms in total. The molecule has 1 aliphatic carbocycles. The number of ether oxygens (including phenoxy) is 2. The number of nitrogens with one attached hydrogen (secondary N) is 4. The van der Waals surface area contributed by atoms with Crippen molar-refractivity contribution < 1.29 is 27.8 Å². The first kappa shape index (κ1) is 36.6. The zero-order valence-electron chi connectivity index (χ0n) is 30.6. The molecule has 7 rings (SSSR count). The molecule has 3 fully saturated rings. The molecule has 0 bridgehead atoms. The zero-order chi connectivity index (χ0) is 37.1. The number of aromatic amines is 1. The summed E-state index contributed by atoms with van der Waals surface area (Å²) in [5, 5.41) is 17.8. The summed E-state index contributed by atoms with van der Waals surface area (Å²) in [7, 11) is 0. The summed E-state index contributed by atoms with van der Waals surface area (Å²) in [6, 6.07) is 15.8. The number of anilines is 3. The van der Waals surface area contributed by atoms with Gasteiger partial charge in [-0.3, -0.25) is 14.8 Å². The minimum absolute atomic E-state index is 0.123. The summed E-state index contributed by atoms with van der Waals surface area (Å²) >= 11 is 0. The summed E-state index contributed by atoms with van der Waals surface area (Å²) in [4.78, 5) is 31.2. The van der Waals surface area contributed by atoms with Gasteiger partial charge in [0, 0.05) is 80.3 Å². The number of hydrogen-bond acceptors (Lipinski definition) is 8. The van der Waals surface area contributed by atoms with Gasteiger partial charge < -0.3 is 30.3 Å². The fourth-order valence-electron chi connectivity index (χ4n) is 7.74. The quantitative estimate of drug-likeness (QED) is 0.148. The van der Waals surface area contributed by atoms with E-state index in [0.717, 1.165) is 86.8 Å². The first-order valence-corrected chi connectivity index (χ1v) is 18.7. The molecule has 2 amide bonds. The number of hydrogen-bond donors (Lipinski definition) is 4. The Balaban J connectivity index is 1.03. The Labute approximate surface area is 308 Å². The predicted molar refractivity (Wildman–Crippen MR) is 202 cm³/mol. The molecule has 3 aromatic carbocycles. The van der Waals surface area contributed by atoms with Crippen LogP contribution in [0.4, 0.5) is 30.8 Å². The van der Waals surface area contributed by atoms with Crippen LogP contribution in [0.15, 0.2) is 54.6 Å². The van der Waals surface area contributed by atoms with Crippen molar-refractivity contribution in [1.29, 1.82) is 0 Å². The van der Waals surface area contributed by atoms with E-state index in [2.05, 4.69) is 42.0 Å². The zero-order valence-corrected chi connectivity index (χ0v) is 30.6. The normalized spacial score (nSPS) is 20.1. The second-order valence-corrected chi connectivity index (χ2v) is 15.5. The molecule has 2 saturated heterocycles. The number of fused-ring (bicyclic) bond motifs is 1. The van der Waals surface area contributed by atoms with E-state index in [1.807, 2.05) is 51.1 Å². The molecule has 3 heterocycles. The summed E-state index contributed by atoms with van der Waals surface area (Å²) in [5.41, 5.74) is 3.88. The molecular formula is C40H49F2N7O4. The highest BCUT2D eigenvalue weighted by Crippen LogP contribution is 2.31. The molecule has 3 aliphatic rings. The minimum Gasteiger partial charge on any atom is -0.444 e. The number of halogens is 2. The van der Waals surface area contributed by atoms with Crippen LogP contribution in [-0.4, -0.2) is 90.2 Å². The maximum atomic E-state index is 13.9. The van der Waals surface area contributed by atoms with Crippen molar-refractivity contribution in [3.63, 3.8) is 0 Å². The van der Waals surface area contributed by atoms with Crippen LogP contribution in [0.5, 0.6) is 0 Å². The van der Waals surface area contributed by atoms with E-state index in [1.54, 1.807) is 0 Å². The van der Waals surface area contributed by atoms with Gasteiger partial charge in [-0.2, -0.15) is 5.10 Å². The highest BCUT2D eigenvalue weighted by molar-refractivity contribution is 6.11. The molecule has 282 valence electrons. The molecule has 4 aromatic rings. The molecule has 0 radical (unpaired) electrons. The lowest BCUT2D eigenvalue weighted by atomic mass is 10.0. The van der Waals surface area contributed by atoms with E-state index in [0.29, 0.717) is 48.0 Å². The van der Waals surface area contributed by atoms with E-state index < -0.39 is 17.2 Å². The Bertz CT molecular complexity index is 1910. The lowest BCUT2D eigenvalue weighted by Gasteiger charge is -2.39. The summed E-state index contributed by atoms with van der Waals surface area (Å²) in [5.74, 6) is -1.16. The Morgan fingerprint density at radius 3 is 2.40 bits per heavy atom. The van der Waals surface area contributed by atoms with Crippen LogP contribution in [0.3, 0.4) is 0 Å². The van der Waals surface area contributed by atoms with Crippen LogP contribution < -0.4 is 20.9 Å². The Morgan fingerprint density at radius 1 is 0.906 bits per heavy atom. The smallest absolute Gasteiger partial charge is 0.407 e. The van der Waals surface area contributed by atoms with Gasteiger partial charge in [0.1, 0.15) is 17.2 Å². The highest BCUT2D eigenvalue weighted by atomic mass is 19.1. The third kappa shape index (κ3) is 9.25. The summed E-state index contributed by atoms with van der Waals surface area (Å²) in [6.07, 6.45) is 4.57. The predicted octanol–water partition coefficient (Wildman–Crippen LogP) is 6.84. The van der Waals surface area contributed by atoms with Crippen molar-refractivity contribution in [3.8, 4) is 0 Å². The van der Waals surface area contributed by atoms with Crippen molar-refractivity contribution in [1.82, 2.24) is 20.4 Å². The monoisotopic (exact) mass is 729 g/mol. The Morgan fingerprint density at radius 2 is 1.66 bits per heavy atom.